The largest absolute Gasteiger partial charge is 0.310 e. The van der Waals surface area contributed by atoms with E-state index >= 15 is 0 Å². The van der Waals surface area contributed by atoms with Gasteiger partial charge >= 0.3 is 0 Å². The van der Waals surface area contributed by atoms with E-state index in [0.29, 0.717) is 0 Å². The molecule has 45 heavy (non-hydrogen) atoms. The van der Waals surface area contributed by atoms with Gasteiger partial charge in [-0.3, -0.25) is 0 Å². The molecule has 212 valence electrons. The van der Waals surface area contributed by atoms with Gasteiger partial charge in [0, 0.05) is 16.8 Å². The maximum Gasteiger partial charge on any atom is 0.0546 e. The highest BCUT2D eigenvalue weighted by atomic mass is 15.1. The van der Waals surface area contributed by atoms with Gasteiger partial charge in [0.1, 0.15) is 0 Å². The second-order valence-corrected chi connectivity index (χ2v) is 11.4. The Balaban J connectivity index is 1.31. The van der Waals surface area contributed by atoms with Crippen molar-refractivity contribution in [1.29, 1.82) is 0 Å². The molecule has 0 atom stereocenters. The third kappa shape index (κ3) is 5.15. The van der Waals surface area contributed by atoms with E-state index in [1.54, 1.807) is 0 Å². The van der Waals surface area contributed by atoms with Crippen molar-refractivity contribution in [2.75, 3.05) is 4.90 Å². The molecule has 0 saturated carbocycles. The van der Waals surface area contributed by atoms with Crippen molar-refractivity contribution in [2.24, 2.45) is 0 Å². The summed E-state index contributed by atoms with van der Waals surface area (Å²) < 4.78 is 0. The van der Waals surface area contributed by atoms with Crippen LogP contribution in [0.2, 0.25) is 0 Å². The molecule has 0 fully saturated rings. The summed E-state index contributed by atoms with van der Waals surface area (Å²) in [5, 5.41) is 4.96. The van der Waals surface area contributed by atoms with E-state index in [9.17, 15) is 0 Å². The molecule has 8 aromatic carbocycles. The van der Waals surface area contributed by atoms with Crippen LogP contribution >= 0.6 is 0 Å². The van der Waals surface area contributed by atoms with Crippen LogP contribution < -0.4 is 4.90 Å². The highest BCUT2D eigenvalue weighted by molar-refractivity contribution is 6.14. The number of rotatable bonds is 6. The standard InChI is InChI=1S/C44H31N/c1-3-13-32(14-4-1)34-25-27-35(28-26-34)37-19-12-21-40(30-37)45(39-20-11-18-36(29-39)33-15-5-2-6-16-33)44-31-38-17-7-8-22-41(38)42-23-9-10-24-43(42)44/h1-31H. The van der Waals surface area contributed by atoms with E-state index in [1.807, 2.05) is 0 Å². The van der Waals surface area contributed by atoms with E-state index < -0.39 is 0 Å². The van der Waals surface area contributed by atoms with Gasteiger partial charge in [-0.25, -0.2) is 0 Å². The van der Waals surface area contributed by atoms with Crippen molar-refractivity contribution in [2.45, 2.75) is 0 Å². The highest BCUT2D eigenvalue weighted by Gasteiger charge is 2.18. The van der Waals surface area contributed by atoms with Crippen LogP contribution in [-0.4, -0.2) is 0 Å². The first-order chi connectivity index (χ1) is 22.3. The molecule has 1 nitrogen and oxygen atoms in total. The van der Waals surface area contributed by atoms with Crippen LogP contribution in [0.5, 0.6) is 0 Å². The summed E-state index contributed by atoms with van der Waals surface area (Å²) in [7, 11) is 0. The first-order valence-electron chi connectivity index (χ1n) is 15.4. The predicted molar refractivity (Wildman–Crippen MR) is 192 cm³/mol. The molecular weight excluding hydrogens is 542 g/mol. The summed E-state index contributed by atoms with van der Waals surface area (Å²) in [6.45, 7) is 0. The van der Waals surface area contributed by atoms with E-state index in [-0.39, 0.29) is 0 Å². The van der Waals surface area contributed by atoms with Gasteiger partial charge in [-0.15, -0.1) is 0 Å². The van der Waals surface area contributed by atoms with Crippen molar-refractivity contribution in [3.8, 4) is 33.4 Å². The maximum atomic E-state index is 2.42. The molecule has 0 bridgehead atoms. The van der Waals surface area contributed by atoms with Crippen molar-refractivity contribution in [1.82, 2.24) is 0 Å². The van der Waals surface area contributed by atoms with Gasteiger partial charge in [-0.1, -0.05) is 158 Å². The fourth-order valence-electron chi connectivity index (χ4n) is 6.41. The summed E-state index contributed by atoms with van der Waals surface area (Å²) in [6, 6.07) is 67.7. The number of nitrogens with zero attached hydrogens (tertiary/aromatic N) is 1. The predicted octanol–water partition coefficient (Wildman–Crippen LogP) is 12.5. The lowest BCUT2D eigenvalue weighted by Gasteiger charge is -2.28. The van der Waals surface area contributed by atoms with Gasteiger partial charge in [-0.2, -0.15) is 0 Å². The zero-order valence-corrected chi connectivity index (χ0v) is 24.8. The molecule has 8 rings (SSSR count). The quantitative estimate of drug-likeness (QED) is 0.179. The number of hydrogen-bond donors (Lipinski definition) is 0. The lowest BCUT2D eigenvalue weighted by atomic mass is 9.97. The normalized spacial score (nSPS) is 11.1. The number of anilines is 3. The van der Waals surface area contributed by atoms with Gasteiger partial charge in [-0.05, 0) is 79.9 Å². The summed E-state index contributed by atoms with van der Waals surface area (Å²) in [4.78, 5) is 2.42. The number of hydrogen-bond acceptors (Lipinski definition) is 1. The minimum Gasteiger partial charge on any atom is -0.310 e. The monoisotopic (exact) mass is 573 g/mol. The second-order valence-electron chi connectivity index (χ2n) is 11.4. The Bertz CT molecular complexity index is 2250. The molecule has 0 aliphatic rings. The van der Waals surface area contributed by atoms with Crippen LogP contribution in [0.4, 0.5) is 17.1 Å². The van der Waals surface area contributed by atoms with E-state index in [2.05, 4.69) is 193 Å². The molecule has 0 heterocycles. The van der Waals surface area contributed by atoms with Gasteiger partial charge < -0.3 is 4.90 Å². The van der Waals surface area contributed by atoms with E-state index in [0.717, 1.165) is 17.1 Å². The molecule has 0 amide bonds. The van der Waals surface area contributed by atoms with Crippen molar-refractivity contribution in [3.63, 3.8) is 0 Å². The molecule has 1 heteroatoms. The molecule has 0 aliphatic heterocycles. The van der Waals surface area contributed by atoms with Crippen molar-refractivity contribution in [3.05, 3.63) is 188 Å². The van der Waals surface area contributed by atoms with Crippen LogP contribution in [0, 0.1) is 0 Å². The Morgan fingerprint density at radius 2 is 0.689 bits per heavy atom. The van der Waals surface area contributed by atoms with Crippen molar-refractivity contribution < 1.29 is 0 Å². The summed E-state index contributed by atoms with van der Waals surface area (Å²) >= 11 is 0. The summed E-state index contributed by atoms with van der Waals surface area (Å²) in [6.07, 6.45) is 0. The lowest BCUT2D eigenvalue weighted by Crippen LogP contribution is -2.11. The van der Waals surface area contributed by atoms with Gasteiger partial charge in [0.25, 0.3) is 0 Å². The zero-order chi connectivity index (χ0) is 30.0. The number of benzene rings is 8. The van der Waals surface area contributed by atoms with Crippen molar-refractivity contribution >= 4 is 38.6 Å². The summed E-state index contributed by atoms with van der Waals surface area (Å²) in [5.74, 6) is 0. The Morgan fingerprint density at radius 1 is 0.267 bits per heavy atom. The molecule has 0 spiro atoms. The van der Waals surface area contributed by atoms with Gasteiger partial charge in [0.15, 0.2) is 0 Å². The molecular formula is C44H31N. The number of fused-ring (bicyclic) bond motifs is 3. The van der Waals surface area contributed by atoms with Gasteiger partial charge in [0.05, 0.1) is 5.69 Å². The van der Waals surface area contributed by atoms with E-state index in [4.69, 9.17) is 0 Å². The molecule has 0 aliphatic carbocycles. The van der Waals surface area contributed by atoms with E-state index in [1.165, 1.54) is 54.9 Å². The average Bonchev–Trinajstić information content (AvgIpc) is 3.13. The topological polar surface area (TPSA) is 3.24 Å². The first kappa shape index (κ1) is 26.7. The Morgan fingerprint density at radius 3 is 1.29 bits per heavy atom. The van der Waals surface area contributed by atoms with Gasteiger partial charge in [0.2, 0.25) is 0 Å². The molecule has 0 aromatic heterocycles. The molecule has 8 aromatic rings. The zero-order valence-electron chi connectivity index (χ0n) is 24.8. The maximum absolute atomic E-state index is 2.42. The second kappa shape index (κ2) is 11.6. The Labute approximate surface area is 264 Å². The van der Waals surface area contributed by atoms with Crippen LogP contribution in [0.15, 0.2) is 188 Å². The fourth-order valence-corrected chi connectivity index (χ4v) is 6.41. The lowest BCUT2D eigenvalue weighted by molar-refractivity contribution is 1.30. The van der Waals surface area contributed by atoms with Crippen LogP contribution in [0.25, 0.3) is 54.9 Å². The summed E-state index contributed by atoms with van der Waals surface area (Å²) in [5.41, 5.74) is 10.6. The molecule has 0 unspecified atom stereocenters. The van der Waals surface area contributed by atoms with Crippen LogP contribution in [-0.2, 0) is 0 Å². The molecule has 0 radical (unpaired) electrons. The first-order valence-corrected chi connectivity index (χ1v) is 15.4. The molecule has 0 N–H and O–H groups in total. The minimum atomic E-state index is 1.12. The third-order valence-corrected chi connectivity index (χ3v) is 8.63. The SMILES string of the molecule is c1ccc(-c2ccc(-c3cccc(N(c4cccc(-c5ccccc5)c4)c4cc5ccccc5c5ccccc45)c3)cc2)cc1. The minimum absolute atomic E-state index is 1.12. The Kier molecular flexibility index (Phi) is 6.90. The highest BCUT2D eigenvalue weighted by Crippen LogP contribution is 2.43. The fraction of sp³-hybridized carbons (Fsp3) is 0. The Hall–Kier alpha value is -5.92. The average molecular weight is 574 g/mol. The smallest absolute Gasteiger partial charge is 0.0546 e. The molecule has 0 saturated heterocycles. The van der Waals surface area contributed by atoms with Crippen LogP contribution in [0.1, 0.15) is 0 Å². The third-order valence-electron chi connectivity index (χ3n) is 8.63. The van der Waals surface area contributed by atoms with Crippen LogP contribution in [0.3, 0.4) is 0 Å².